The van der Waals surface area contributed by atoms with Crippen LogP contribution in [0.25, 0.3) is 0 Å². The van der Waals surface area contributed by atoms with Gasteiger partial charge in [-0.05, 0) is 48.6 Å². The summed E-state index contributed by atoms with van der Waals surface area (Å²) in [5.41, 5.74) is 2.08. The van der Waals surface area contributed by atoms with Gasteiger partial charge in [0.05, 0.1) is 59.9 Å². The van der Waals surface area contributed by atoms with E-state index in [1.165, 1.54) is 0 Å². The number of ether oxygens (including phenoxy) is 3. The minimum atomic E-state index is -0.881. The third-order valence-corrected chi connectivity index (χ3v) is 8.63. The van der Waals surface area contributed by atoms with E-state index < -0.39 is 17.9 Å². The summed E-state index contributed by atoms with van der Waals surface area (Å²) >= 11 is 0. The molecule has 9 nitrogen and oxygen atoms in total. The lowest BCUT2D eigenvalue weighted by Gasteiger charge is -2.30. The fourth-order valence-electron chi connectivity index (χ4n) is 6.26. The molecule has 1 fully saturated rings. The summed E-state index contributed by atoms with van der Waals surface area (Å²) in [7, 11) is 8.14. The molecular weight excluding hydrogens is 546 g/mol. The van der Waals surface area contributed by atoms with Gasteiger partial charge in [-0.2, -0.15) is 0 Å². The highest BCUT2D eigenvalue weighted by Crippen LogP contribution is 2.40. The van der Waals surface area contributed by atoms with Gasteiger partial charge >= 0.3 is 5.97 Å². The fourth-order valence-corrected chi connectivity index (χ4v) is 6.26. The number of fused-ring (bicyclic) bond motifs is 1. The molecule has 2 heterocycles. The first-order chi connectivity index (χ1) is 20.6. The molecule has 3 unspecified atom stereocenters. The Hall–Kier alpha value is -3.30. The third kappa shape index (κ3) is 8.63. The molecule has 2 aromatic carbocycles. The number of aliphatic carboxylic acids is 1. The molecule has 2 aliphatic rings. The summed E-state index contributed by atoms with van der Waals surface area (Å²) < 4.78 is 18.3. The van der Waals surface area contributed by atoms with Crippen LogP contribution in [0.1, 0.15) is 49.7 Å². The van der Waals surface area contributed by atoms with Crippen molar-refractivity contribution in [2.45, 2.75) is 51.0 Å². The van der Waals surface area contributed by atoms with Crippen molar-refractivity contribution < 1.29 is 33.4 Å². The molecule has 9 heteroatoms. The van der Waals surface area contributed by atoms with Crippen LogP contribution in [0.2, 0.25) is 0 Å². The monoisotopic (exact) mass is 596 g/mol. The molecular formula is C34H50N3O6+. The molecule has 236 valence electrons. The van der Waals surface area contributed by atoms with E-state index in [1.807, 2.05) is 46.2 Å². The zero-order valence-electron chi connectivity index (χ0n) is 26.6. The Kier molecular flexibility index (Phi) is 11.3. The average molecular weight is 597 g/mol. The zero-order valence-corrected chi connectivity index (χ0v) is 26.6. The lowest BCUT2D eigenvalue weighted by atomic mass is 9.84. The van der Waals surface area contributed by atoms with Crippen molar-refractivity contribution in [1.82, 2.24) is 9.80 Å². The van der Waals surface area contributed by atoms with Gasteiger partial charge in [0.1, 0.15) is 12.4 Å². The molecule has 0 saturated carbocycles. The summed E-state index contributed by atoms with van der Waals surface area (Å²) in [6, 6.07) is 12.9. The number of hydrogen-bond acceptors (Lipinski definition) is 6. The predicted molar refractivity (Wildman–Crippen MR) is 167 cm³/mol. The van der Waals surface area contributed by atoms with Crippen molar-refractivity contribution in [1.29, 1.82) is 0 Å². The van der Waals surface area contributed by atoms with E-state index in [4.69, 9.17) is 14.2 Å². The number of quaternary nitrogens is 1. The van der Waals surface area contributed by atoms with Crippen LogP contribution in [0.5, 0.6) is 17.2 Å². The Bertz CT molecular complexity index is 1230. The number of likely N-dealkylation sites (tertiary alicyclic amines) is 1. The lowest BCUT2D eigenvalue weighted by molar-refractivity contribution is -0.870. The summed E-state index contributed by atoms with van der Waals surface area (Å²) in [5, 5.41) is 10.6. The van der Waals surface area contributed by atoms with E-state index in [2.05, 4.69) is 34.1 Å². The van der Waals surface area contributed by atoms with E-state index in [9.17, 15) is 14.7 Å². The number of hydrogen-bond donors (Lipinski definition) is 1. The third-order valence-electron chi connectivity index (χ3n) is 8.63. The molecule has 4 rings (SSSR count). The topological polar surface area (TPSA) is 88.5 Å². The Morgan fingerprint density at radius 3 is 2.51 bits per heavy atom. The number of unbranched alkanes of at least 4 members (excludes halogenated alkanes) is 2. The fraction of sp³-hybridized carbons (Fsp3) is 0.588. The second-order valence-electron chi connectivity index (χ2n) is 12.9. The number of methoxy groups -OCH3 is 1. The molecule has 3 atom stereocenters. The van der Waals surface area contributed by atoms with Crippen molar-refractivity contribution >= 4 is 11.9 Å². The predicted octanol–water partition coefficient (Wildman–Crippen LogP) is 4.29. The van der Waals surface area contributed by atoms with E-state index in [1.54, 1.807) is 7.11 Å². The van der Waals surface area contributed by atoms with Crippen molar-refractivity contribution in [3.8, 4) is 17.2 Å². The van der Waals surface area contributed by atoms with Gasteiger partial charge in [-0.15, -0.1) is 0 Å². The van der Waals surface area contributed by atoms with E-state index in [0.29, 0.717) is 37.7 Å². The Morgan fingerprint density at radius 2 is 1.81 bits per heavy atom. The number of para-hydroxylation sites is 2. The van der Waals surface area contributed by atoms with E-state index in [0.717, 1.165) is 60.0 Å². The zero-order chi connectivity index (χ0) is 31.0. The first-order valence-electron chi connectivity index (χ1n) is 15.7. The number of nitrogens with zero attached hydrogens (tertiary/aromatic N) is 3. The number of carboxylic acid groups (broad SMARTS) is 1. The van der Waals surface area contributed by atoms with Crippen LogP contribution in [-0.2, 0) is 16.0 Å². The van der Waals surface area contributed by atoms with Gasteiger partial charge in [-0.25, -0.2) is 0 Å². The maximum Gasteiger partial charge on any atom is 0.308 e. The average Bonchev–Trinajstić information content (AvgIpc) is 3.59. The van der Waals surface area contributed by atoms with Crippen LogP contribution >= 0.6 is 0 Å². The SMILES string of the molecule is CCCCN(CCCC[N+](C)(C)C)C(=O)CN1CC(c2ccc3c(c2)CCO3)C(C(=O)O)C1COc1ccccc1OC. The highest BCUT2D eigenvalue weighted by Gasteiger charge is 2.48. The first-order valence-corrected chi connectivity index (χ1v) is 15.7. The van der Waals surface area contributed by atoms with E-state index >= 15 is 0 Å². The number of rotatable bonds is 16. The Labute approximate surface area is 256 Å². The first kappa shape index (κ1) is 32.6. The summed E-state index contributed by atoms with van der Waals surface area (Å²) in [6.45, 7) is 6.02. The van der Waals surface area contributed by atoms with Crippen molar-refractivity contribution in [3.05, 3.63) is 53.6 Å². The van der Waals surface area contributed by atoms with Crippen LogP contribution in [-0.4, -0.2) is 111 Å². The number of amides is 1. The maximum atomic E-state index is 13.8. The Balaban J connectivity index is 1.56. The second kappa shape index (κ2) is 14.9. The number of carbonyl (C=O) groups excluding carboxylic acids is 1. The molecule has 0 spiro atoms. The molecule has 0 aliphatic carbocycles. The van der Waals surface area contributed by atoms with Crippen molar-refractivity contribution in [2.75, 3.05) is 74.2 Å². The van der Waals surface area contributed by atoms with Crippen LogP contribution in [0, 0.1) is 5.92 Å². The summed E-state index contributed by atoms with van der Waals surface area (Å²) in [4.78, 5) is 30.8. The standard InChI is InChI=1S/C34H49N3O6/c1-6-7-17-35(18-10-11-19-37(2,3)4)32(38)23-36-22-27(25-14-15-29-26(21-25)16-20-42-29)33(34(39)40)28(36)24-43-31-13-9-8-12-30(31)41-5/h8-9,12-15,21,27-28,33H,6-7,10-11,16-20,22-24H2,1-5H3/p+1. The minimum absolute atomic E-state index is 0.0492. The highest BCUT2D eigenvalue weighted by molar-refractivity contribution is 5.79. The van der Waals surface area contributed by atoms with Gasteiger partial charge in [0.15, 0.2) is 11.5 Å². The molecule has 43 heavy (non-hydrogen) atoms. The van der Waals surface area contributed by atoms with Gasteiger partial charge in [-0.3, -0.25) is 14.5 Å². The normalized spacial score (nSPS) is 20.0. The molecule has 1 amide bonds. The largest absolute Gasteiger partial charge is 0.493 e. The molecule has 1 saturated heterocycles. The van der Waals surface area contributed by atoms with Crippen LogP contribution in [0.3, 0.4) is 0 Å². The van der Waals surface area contributed by atoms with Crippen LogP contribution in [0.4, 0.5) is 0 Å². The van der Waals surface area contributed by atoms with Crippen LogP contribution < -0.4 is 14.2 Å². The molecule has 0 bridgehead atoms. The van der Waals surface area contributed by atoms with Gasteiger partial charge < -0.3 is 28.7 Å². The van der Waals surface area contributed by atoms with Crippen molar-refractivity contribution in [3.63, 3.8) is 0 Å². The maximum absolute atomic E-state index is 13.8. The summed E-state index contributed by atoms with van der Waals surface area (Å²) in [6.07, 6.45) is 4.76. The lowest BCUT2D eigenvalue weighted by Crippen LogP contribution is -2.47. The quantitative estimate of drug-likeness (QED) is 0.229. The smallest absolute Gasteiger partial charge is 0.308 e. The number of benzene rings is 2. The molecule has 2 aromatic rings. The van der Waals surface area contributed by atoms with Gasteiger partial charge in [-0.1, -0.05) is 37.6 Å². The number of carboxylic acids is 1. The Morgan fingerprint density at radius 1 is 1.07 bits per heavy atom. The summed E-state index contributed by atoms with van der Waals surface area (Å²) in [5.74, 6) is 0.160. The molecule has 0 radical (unpaired) electrons. The number of carbonyl (C=O) groups is 2. The molecule has 0 aromatic heterocycles. The molecule has 1 N–H and O–H groups in total. The van der Waals surface area contributed by atoms with Gasteiger partial charge in [0.25, 0.3) is 0 Å². The van der Waals surface area contributed by atoms with Gasteiger partial charge in [0, 0.05) is 32.0 Å². The van der Waals surface area contributed by atoms with E-state index in [-0.39, 0.29) is 25.0 Å². The molecule has 2 aliphatic heterocycles. The van der Waals surface area contributed by atoms with Crippen molar-refractivity contribution in [2.24, 2.45) is 5.92 Å². The second-order valence-corrected chi connectivity index (χ2v) is 12.9. The minimum Gasteiger partial charge on any atom is -0.493 e. The van der Waals surface area contributed by atoms with Gasteiger partial charge in [0.2, 0.25) is 5.91 Å². The van der Waals surface area contributed by atoms with Crippen LogP contribution in [0.15, 0.2) is 42.5 Å². The highest BCUT2D eigenvalue weighted by atomic mass is 16.5.